The first-order valence-corrected chi connectivity index (χ1v) is 6.16. The summed E-state index contributed by atoms with van der Waals surface area (Å²) in [6, 6.07) is 2.96. The number of benzene rings is 1. The molecular weight excluding hydrogens is 276 g/mol. The van der Waals surface area contributed by atoms with Crippen LogP contribution in [0, 0.1) is 0 Å². The van der Waals surface area contributed by atoms with Gasteiger partial charge in [0.05, 0.1) is 16.9 Å². The number of nitrogens with two attached hydrogens (primary N) is 1. The lowest BCUT2D eigenvalue weighted by molar-refractivity contribution is -0.120. The minimum Gasteiger partial charge on any atom is -0.478 e. The van der Waals surface area contributed by atoms with Crippen molar-refractivity contribution in [3.63, 3.8) is 0 Å². The van der Waals surface area contributed by atoms with E-state index in [2.05, 4.69) is 10.6 Å². The van der Waals surface area contributed by atoms with Gasteiger partial charge >= 0.3 is 12.0 Å². The second-order valence-corrected chi connectivity index (χ2v) is 4.43. The Kier molecular flexibility index (Phi) is 5.12. The highest BCUT2D eigenvalue weighted by molar-refractivity contribution is 5.98. The highest BCUT2D eigenvalue weighted by Crippen LogP contribution is 2.25. The van der Waals surface area contributed by atoms with Gasteiger partial charge in [-0.25, -0.2) is 9.59 Å². The fraction of sp³-hybridized carbons (Fsp3) is 0.308. The summed E-state index contributed by atoms with van der Waals surface area (Å²) in [5.74, 6) is -1.58. The minimum absolute atomic E-state index is 0.0621. The van der Waals surface area contributed by atoms with Gasteiger partial charge in [-0.05, 0) is 25.1 Å². The first kappa shape index (κ1) is 16.3. The van der Waals surface area contributed by atoms with Gasteiger partial charge in [-0.15, -0.1) is 0 Å². The van der Waals surface area contributed by atoms with E-state index in [0.29, 0.717) is 5.69 Å². The van der Waals surface area contributed by atoms with Gasteiger partial charge in [0.2, 0.25) is 5.91 Å². The number of nitrogen functional groups attached to an aromatic ring is 1. The highest BCUT2D eigenvalue weighted by Gasteiger charge is 2.21. The zero-order chi connectivity index (χ0) is 16.2. The molecule has 0 aliphatic heterocycles. The van der Waals surface area contributed by atoms with E-state index in [4.69, 9.17) is 10.8 Å². The molecule has 3 amide bonds. The Balaban J connectivity index is 2.92. The van der Waals surface area contributed by atoms with Crippen LogP contribution in [0.3, 0.4) is 0 Å². The largest absolute Gasteiger partial charge is 0.478 e. The standard InChI is InChI=1S/C13H18N4O4/c1-7(11(18)16-13(21)15-2)17(3)10-5-4-8(12(19)20)6-9(10)14/h4-7H,14H2,1-3H3,(H,19,20)(H2,15,16,18,21). The first-order chi connectivity index (χ1) is 9.77. The molecule has 0 bridgehead atoms. The van der Waals surface area contributed by atoms with Gasteiger partial charge < -0.3 is 21.1 Å². The van der Waals surface area contributed by atoms with Gasteiger partial charge in [0, 0.05) is 14.1 Å². The van der Waals surface area contributed by atoms with Crippen molar-refractivity contribution >= 4 is 29.3 Å². The first-order valence-electron chi connectivity index (χ1n) is 6.16. The van der Waals surface area contributed by atoms with Crippen LogP contribution in [0.25, 0.3) is 0 Å². The number of hydrogen-bond donors (Lipinski definition) is 4. The van der Waals surface area contributed by atoms with Gasteiger partial charge in [-0.1, -0.05) is 0 Å². The smallest absolute Gasteiger partial charge is 0.335 e. The van der Waals surface area contributed by atoms with Crippen LogP contribution in [0.2, 0.25) is 0 Å². The average Bonchev–Trinajstić information content (AvgIpc) is 2.45. The molecule has 1 unspecified atom stereocenters. The Hall–Kier alpha value is -2.77. The molecule has 1 aromatic carbocycles. The van der Waals surface area contributed by atoms with Crippen LogP contribution in [0.1, 0.15) is 17.3 Å². The minimum atomic E-state index is -1.08. The predicted molar refractivity (Wildman–Crippen MR) is 78.3 cm³/mol. The van der Waals surface area contributed by atoms with Gasteiger partial charge in [0.1, 0.15) is 6.04 Å². The molecule has 21 heavy (non-hydrogen) atoms. The molecule has 0 aliphatic rings. The number of nitrogens with zero attached hydrogens (tertiary/aromatic N) is 1. The zero-order valence-corrected chi connectivity index (χ0v) is 12.0. The summed E-state index contributed by atoms with van der Waals surface area (Å²) in [5, 5.41) is 13.3. The number of urea groups is 1. The number of amides is 3. The fourth-order valence-corrected chi connectivity index (χ4v) is 1.67. The molecule has 8 heteroatoms. The molecule has 0 aromatic heterocycles. The molecule has 5 N–H and O–H groups in total. The van der Waals surface area contributed by atoms with Crippen molar-refractivity contribution in [3.05, 3.63) is 23.8 Å². The van der Waals surface area contributed by atoms with Crippen molar-refractivity contribution in [1.29, 1.82) is 0 Å². The van der Waals surface area contributed by atoms with Crippen LogP contribution in [0.15, 0.2) is 18.2 Å². The molecule has 114 valence electrons. The van der Waals surface area contributed by atoms with E-state index in [9.17, 15) is 14.4 Å². The summed E-state index contributed by atoms with van der Waals surface area (Å²) < 4.78 is 0. The number of aromatic carboxylic acids is 1. The van der Waals surface area contributed by atoms with Crippen LogP contribution in [0.4, 0.5) is 16.2 Å². The lowest BCUT2D eigenvalue weighted by Gasteiger charge is -2.27. The summed E-state index contributed by atoms with van der Waals surface area (Å²) in [6.07, 6.45) is 0. The summed E-state index contributed by atoms with van der Waals surface area (Å²) in [4.78, 5) is 35.4. The van der Waals surface area contributed by atoms with Crippen LogP contribution < -0.4 is 21.3 Å². The van der Waals surface area contributed by atoms with Crippen molar-refractivity contribution in [2.45, 2.75) is 13.0 Å². The molecule has 1 aromatic rings. The number of nitrogens with one attached hydrogen (secondary N) is 2. The Labute approximate surface area is 121 Å². The van der Waals surface area contributed by atoms with Crippen LogP contribution in [-0.4, -0.2) is 43.2 Å². The highest BCUT2D eigenvalue weighted by atomic mass is 16.4. The van der Waals surface area contributed by atoms with E-state index in [0.717, 1.165) is 0 Å². The van der Waals surface area contributed by atoms with E-state index >= 15 is 0 Å². The Morgan fingerprint density at radius 1 is 1.33 bits per heavy atom. The van der Waals surface area contributed by atoms with Crippen LogP contribution in [0.5, 0.6) is 0 Å². The lowest BCUT2D eigenvalue weighted by atomic mass is 10.1. The normalized spacial score (nSPS) is 11.4. The lowest BCUT2D eigenvalue weighted by Crippen LogP contribution is -2.48. The average molecular weight is 294 g/mol. The topological polar surface area (TPSA) is 125 Å². The van der Waals surface area contributed by atoms with Gasteiger partial charge in [-0.3, -0.25) is 10.1 Å². The van der Waals surface area contributed by atoms with Crippen LogP contribution >= 0.6 is 0 Å². The molecule has 0 fully saturated rings. The van der Waals surface area contributed by atoms with E-state index in [1.807, 2.05) is 0 Å². The number of carboxylic acids is 1. The number of carbonyl (C=O) groups is 3. The van der Waals surface area contributed by atoms with Crippen molar-refractivity contribution < 1.29 is 19.5 Å². The Morgan fingerprint density at radius 2 is 1.95 bits per heavy atom. The van der Waals surface area contributed by atoms with E-state index in [1.54, 1.807) is 18.9 Å². The molecule has 0 saturated heterocycles. The number of carboxylic acid groups (broad SMARTS) is 1. The molecule has 0 saturated carbocycles. The van der Waals surface area contributed by atoms with E-state index < -0.39 is 23.9 Å². The number of rotatable bonds is 4. The number of carbonyl (C=O) groups excluding carboxylic acids is 2. The SMILES string of the molecule is CNC(=O)NC(=O)C(C)N(C)c1ccc(C(=O)O)cc1N. The molecule has 1 atom stereocenters. The fourth-order valence-electron chi connectivity index (χ4n) is 1.67. The van der Waals surface area contributed by atoms with Gasteiger partial charge in [0.15, 0.2) is 0 Å². The van der Waals surface area contributed by atoms with Crippen molar-refractivity contribution in [1.82, 2.24) is 10.6 Å². The van der Waals surface area contributed by atoms with E-state index in [1.165, 1.54) is 25.2 Å². The molecule has 0 aliphatic carbocycles. The summed E-state index contributed by atoms with van der Waals surface area (Å²) in [7, 11) is 3.03. The third-order valence-corrected chi connectivity index (χ3v) is 3.08. The van der Waals surface area contributed by atoms with Crippen molar-refractivity contribution in [2.75, 3.05) is 24.7 Å². The number of imide groups is 1. The maximum absolute atomic E-state index is 11.9. The van der Waals surface area contributed by atoms with Crippen molar-refractivity contribution in [3.8, 4) is 0 Å². The Morgan fingerprint density at radius 3 is 2.43 bits per heavy atom. The number of anilines is 2. The quantitative estimate of drug-likeness (QED) is 0.590. The third-order valence-electron chi connectivity index (χ3n) is 3.08. The summed E-state index contributed by atoms with van der Waals surface area (Å²) >= 11 is 0. The molecule has 0 radical (unpaired) electrons. The maximum Gasteiger partial charge on any atom is 0.335 e. The molecule has 0 heterocycles. The van der Waals surface area contributed by atoms with Crippen molar-refractivity contribution in [2.24, 2.45) is 0 Å². The second kappa shape index (κ2) is 6.60. The number of hydrogen-bond acceptors (Lipinski definition) is 5. The van der Waals surface area contributed by atoms with Gasteiger partial charge in [-0.2, -0.15) is 0 Å². The molecular formula is C13H18N4O4. The molecule has 0 spiro atoms. The Bertz CT molecular complexity index is 573. The van der Waals surface area contributed by atoms with Crippen LogP contribution in [-0.2, 0) is 4.79 Å². The summed E-state index contributed by atoms with van der Waals surface area (Å²) in [6.45, 7) is 1.60. The molecule has 1 rings (SSSR count). The van der Waals surface area contributed by atoms with Gasteiger partial charge in [0.25, 0.3) is 0 Å². The monoisotopic (exact) mass is 294 g/mol. The zero-order valence-electron chi connectivity index (χ0n) is 12.0. The third kappa shape index (κ3) is 3.85. The predicted octanol–water partition coefficient (Wildman–Crippen LogP) is 0.247. The van der Waals surface area contributed by atoms with E-state index in [-0.39, 0.29) is 11.3 Å². The number of likely N-dealkylation sites (N-methyl/N-ethyl adjacent to an activating group) is 1. The molecule has 8 nitrogen and oxygen atoms in total. The summed E-state index contributed by atoms with van der Waals surface area (Å²) in [5.41, 5.74) is 6.60. The second-order valence-electron chi connectivity index (χ2n) is 4.43. The maximum atomic E-state index is 11.9.